The van der Waals surface area contributed by atoms with Crippen molar-refractivity contribution in [3.63, 3.8) is 0 Å². The standard InChI is InChI=1S/C20H17BrN2O/c21-18-12-10-16(11-13-18)15-24-20-9-5-4-6-17(20)14-22-23-19-7-2-1-3-8-19/h1-14,23H,15H2/b22-14-. The molecule has 0 fully saturated rings. The van der Waals surface area contributed by atoms with Gasteiger partial charge in [-0.15, -0.1) is 0 Å². The van der Waals surface area contributed by atoms with E-state index >= 15 is 0 Å². The molecule has 0 heterocycles. The van der Waals surface area contributed by atoms with Crippen LogP contribution in [0.15, 0.2) is 88.4 Å². The number of anilines is 1. The number of halogens is 1. The van der Waals surface area contributed by atoms with Crippen LogP contribution in [0.1, 0.15) is 11.1 Å². The molecule has 0 spiro atoms. The van der Waals surface area contributed by atoms with E-state index < -0.39 is 0 Å². The molecule has 0 radical (unpaired) electrons. The zero-order chi connectivity index (χ0) is 16.6. The summed E-state index contributed by atoms with van der Waals surface area (Å²) in [5.74, 6) is 0.805. The third-order valence-corrected chi connectivity index (χ3v) is 3.93. The maximum absolute atomic E-state index is 5.93. The van der Waals surface area contributed by atoms with Crippen molar-refractivity contribution in [2.75, 3.05) is 5.43 Å². The second-order valence-corrected chi connectivity index (χ2v) is 6.10. The van der Waals surface area contributed by atoms with Crippen LogP contribution in [0, 0.1) is 0 Å². The van der Waals surface area contributed by atoms with Crippen molar-refractivity contribution in [2.45, 2.75) is 6.61 Å². The van der Waals surface area contributed by atoms with E-state index in [9.17, 15) is 0 Å². The summed E-state index contributed by atoms with van der Waals surface area (Å²) >= 11 is 3.44. The molecule has 120 valence electrons. The van der Waals surface area contributed by atoms with Crippen molar-refractivity contribution < 1.29 is 4.74 Å². The first-order chi connectivity index (χ1) is 11.8. The fourth-order valence-corrected chi connectivity index (χ4v) is 2.41. The van der Waals surface area contributed by atoms with Gasteiger partial charge in [0.1, 0.15) is 12.4 Å². The molecule has 3 aromatic rings. The normalized spacial score (nSPS) is 10.7. The van der Waals surface area contributed by atoms with Gasteiger partial charge in [-0.1, -0.05) is 58.4 Å². The van der Waals surface area contributed by atoms with Crippen LogP contribution in [0.25, 0.3) is 0 Å². The highest BCUT2D eigenvalue weighted by Gasteiger charge is 2.01. The Morgan fingerprint density at radius 1 is 0.875 bits per heavy atom. The average Bonchev–Trinajstić information content (AvgIpc) is 2.63. The monoisotopic (exact) mass is 380 g/mol. The first-order valence-electron chi connectivity index (χ1n) is 7.62. The first-order valence-corrected chi connectivity index (χ1v) is 8.41. The maximum Gasteiger partial charge on any atom is 0.128 e. The fraction of sp³-hybridized carbons (Fsp3) is 0.0500. The zero-order valence-electron chi connectivity index (χ0n) is 13.0. The molecule has 3 rings (SSSR count). The van der Waals surface area contributed by atoms with Crippen molar-refractivity contribution in [3.05, 3.63) is 94.5 Å². The Balaban J connectivity index is 1.65. The first kappa shape index (κ1) is 16.3. The fourth-order valence-electron chi connectivity index (χ4n) is 2.15. The molecule has 0 aliphatic heterocycles. The minimum Gasteiger partial charge on any atom is -0.488 e. The highest BCUT2D eigenvalue weighted by Crippen LogP contribution is 2.18. The molecule has 0 saturated carbocycles. The summed E-state index contributed by atoms with van der Waals surface area (Å²) in [5, 5.41) is 4.28. The van der Waals surface area contributed by atoms with Crippen LogP contribution < -0.4 is 10.2 Å². The molecule has 0 amide bonds. The Morgan fingerprint density at radius 2 is 1.58 bits per heavy atom. The molecule has 0 atom stereocenters. The lowest BCUT2D eigenvalue weighted by atomic mass is 10.2. The lowest BCUT2D eigenvalue weighted by Crippen LogP contribution is -1.99. The summed E-state index contributed by atoms with van der Waals surface area (Å²) in [6.45, 7) is 0.518. The van der Waals surface area contributed by atoms with Crippen molar-refractivity contribution in [2.24, 2.45) is 5.10 Å². The molecule has 3 aromatic carbocycles. The summed E-state index contributed by atoms with van der Waals surface area (Å²) in [7, 11) is 0. The molecule has 3 nitrogen and oxygen atoms in total. The van der Waals surface area contributed by atoms with Gasteiger partial charge in [0, 0.05) is 10.0 Å². The van der Waals surface area contributed by atoms with Crippen LogP contribution in [0.5, 0.6) is 5.75 Å². The van der Waals surface area contributed by atoms with Crippen LogP contribution in [0.4, 0.5) is 5.69 Å². The van der Waals surface area contributed by atoms with Crippen LogP contribution in [-0.4, -0.2) is 6.21 Å². The van der Waals surface area contributed by atoms with E-state index in [1.54, 1.807) is 6.21 Å². The van der Waals surface area contributed by atoms with Crippen LogP contribution in [0.3, 0.4) is 0 Å². The lowest BCUT2D eigenvalue weighted by molar-refractivity contribution is 0.306. The number of benzene rings is 3. The van der Waals surface area contributed by atoms with Gasteiger partial charge in [-0.25, -0.2) is 0 Å². The number of para-hydroxylation sites is 2. The lowest BCUT2D eigenvalue weighted by Gasteiger charge is -2.09. The summed E-state index contributed by atoms with van der Waals surface area (Å²) in [6, 6.07) is 25.8. The van der Waals surface area contributed by atoms with Crippen LogP contribution in [0.2, 0.25) is 0 Å². The van der Waals surface area contributed by atoms with E-state index in [2.05, 4.69) is 26.5 Å². The number of hydrogen-bond donors (Lipinski definition) is 1. The number of hydrogen-bond acceptors (Lipinski definition) is 3. The SMILES string of the molecule is Brc1ccc(COc2ccccc2/C=N\Nc2ccccc2)cc1. The van der Waals surface area contributed by atoms with E-state index in [0.29, 0.717) is 6.61 Å². The minimum atomic E-state index is 0.518. The van der Waals surface area contributed by atoms with Crippen molar-refractivity contribution in [1.82, 2.24) is 0 Å². The predicted octanol–water partition coefficient (Wildman–Crippen LogP) is 5.47. The molecule has 0 saturated heterocycles. The summed E-state index contributed by atoms with van der Waals surface area (Å²) in [6.07, 6.45) is 1.77. The number of nitrogens with one attached hydrogen (secondary N) is 1. The molecule has 0 aromatic heterocycles. The summed E-state index contributed by atoms with van der Waals surface area (Å²) < 4.78 is 6.99. The van der Waals surface area contributed by atoms with Gasteiger partial charge >= 0.3 is 0 Å². The van der Waals surface area contributed by atoms with Gasteiger partial charge in [-0.2, -0.15) is 5.10 Å². The van der Waals surface area contributed by atoms with E-state index in [0.717, 1.165) is 27.0 Å². The molecular formula is C20H17BrN2O. The van der Waals surface area contributed by atoms with E-state index in [1.807, 2.05) is 78.9 Å². The van der Waals surface area contributed by atoms with Gasteiger partial charge in [-0.05, 0) is 42.0 Å². The number of rotatable bonds is 6. The van der Waals surface area contributed by atoms with Gasteiger partial charge in [0.2, 0.25) is 0 Å². The Morgan fingerprint density at radius 3 is 2.38 bits per heavy atom. The van der Waals surface area contributed by atoms with Crippen molar-refractivity contribution in [1.29, 1.82) is 0 Å². The summed E-state index contributed by atoms with van der Waals surface area (Å²) in [5.41, 5.74) is 6.00. The summed E-state index contributed by atoms with van der Waals surface area (Å²) in [4.78, 5) is 0. The van der Waals surface area contributed by atoms with Gasteiger partial charge < -0.3 is 4.74 Å². The molecule has 0 aliphatic rings. The zero-order valence-corrected chi connectivity index (χ0v) is 14.6. The molecule has 0 unspecified atom stereocenters. The molecule has 1 N–H and O–H groups in total. The van der Waals surface area contributed by atoms with E-state index in [4.69, 9.17) is 4.74 Å². The highest BCUT2D eigenvalue weighted by molar-refractivity contribution is 9.10. The van der Waals surface area contributed by atoms with Gasteiger partial charge in [0.05, 0.1) is 11.9 Å². The Labute approximate surface area is 150 Å². The third-order valence-electron chi connectivity index (χ3n) is 3.40. The minimum absolute atomic E-state index is 0.518. The van der Waals surface area contributed by atoms with Gasteiger partial charge in [0.15, 0.2) is 0 Å². The van der Waals surface area contributed by atoms with Gasteiger partial charge in [0.25, 0.3) is 0 Å². The molecular weight excluding hydrogens is 364 g/mol. The molecule has 24 heavy (non-hydrogen) atoms. The Kier molecular flexibility index (Phi) is 5.64. The molecule has 4 heteroatoms. The predicted molar refractivity (Wildman–Crippen MR) is 103 cm³/mol. The van der Waals surface area contributed by atoms with E-state index in [-0.39, 0.29) is 0 Å². The number of ether oxygens (including phenoxy) is 1. The van der Waals surface area contributed by atoms with E-state index in [1.165, 1.54) is 0 Å². The number of nitrogens with zero attached hydrogens (tertiary/aromatic N) is 1. The van der Waals surface area contributed by atoms with Crippen molar-refractivity contribution >= 4 is 27.8 Å². The Bertz CT molecular complexity index is 801. The Hall–Kier alpha value is -2.59. The smallest absolute Gasteiger partial charge is 0.128 e. The topological polar surface area (TPSA) is 33.6 Å². The third kappa shape index (κ3) is 4.70. The average molecular weight is 381 g/mol. The number of hydrazone groups is 1. The molecule has 0 aliphatic carbocycles. The molecule has 0 bridgehead atoms. The van der Waals surface area contributed by atoms with Crippen LogP contribution >= 0.6 is 15.9 Å². The quantitative estimate of drug-likeness (QED) is 0.454. The highest BCUT2D eigenvalue weighted by atomic mass is 79.9. The second-order valence-electron chi connectivity index (χ2n) is 5.19. The largest absolute Gasteiger partial charge is 0.488 e. The second kappa shape index (κ2) is 8.31. The van der Waals surface area contributed by atoms with Crippen LogP contribution in [-0.2, 0) is 6.61 Å². The van der Waals surface area contributed by atoms with Gasteiger partial charge in [-0.3, -0.25) is 5.43 Å². The maximum atomic E-state index is 5.93. The van der Waals surface area contributed by atoms with Crippen molar-refractivity contribution in [3.8, 4) is 5.75 Å².